The van der Waals surface area contributed by atoms with E-state index in [2.05, 4.69) is 34.6 Å². The third-order valence-corrected chi connectivity index (χ3v) is 4.18. The minimum atomic E-state index is -0.227. The number of hydrogen-bond acceptors (Lipinski definition) is 4. The Hall–Kier alpha value is -1.82. The molecule has 0 aliphatic carbocycles. The first-order chi connectivity index (χ1) is 10.4. The van der Waals surface area contributed by atoms with Crippen LogP contribution in [0.1, 0.15) is 32.2 Å². The number of carbonyl (C=O) groups is 1. The van der Waals surface area contributed by atoms with Crippen LogP contribution in [-0.4, -0.2) is 32.0 Å². The predicted octanol–water partition coefficient (Wildman–Crippen LogP) is 2.89. The molecule has 118 valence electrons. The first kappa shape index (κ1) is 16.5. The highest BCUT2D eigenvalue weighted by molar-refractivity contribution is 8.00. The van der Waals surface area contributed by atoms with Gasteiger partial charge in [-0.2, -0.15) is 0 Å². The second-order valence-electron chi connectivity index (χ2n) is 5.63. The number of nitrogens with zero attached hydrogens (tertiary/aromatic N) is 3. The molecule has 0 fully saturated rings. The van der Waals surface area contributed by atoms with Crippen LogP contribution in [0, 0.1) is 13.8 Å². The molecular weight excluding hydrogens is 296 g/mol. The average molecular weight is 318 g/mol. The Balaban J connectivity index is 2.25. The van der Waals surface area contributed by atoms with Crippen molar-refractivity contribution in [1.82, 2.24) is 20.1 Å². The highest BCUT2D eigenvalue weighted by atomic mass is 32.2. The number of thioether (sulfide) groups is 1. The molecule has 0 unspecified atom stereocenters. The van der Waals surface area contributed by atoms with Gasteiger partial charge in [0.1, 0.15) is 5.82 Å². The molecule has 0 aliphatic rings. The van der Waals surface area contributed by atoms with Crippen molar-refractivity contribution in [2.45, 2.75) is 51.1 Å². The van der Waals surface area contributed by atoms with Gasteiger partial charge in [-0.1, -0.05) is 23.9 Å². The number of amides is 1. The monoisotopic (exact) mass is 318 g/mol. The molecule has 0 saturated carbocycles. The number of nitrogens with one attached hydrogen (secondary N) is 1. The molecule has 0 spiro atoms. The number of aromatic nitrogens is 3. The summed E-state index contributed by atoms with van der Waals surface area (Å²) in [6.07, 6.45) is 0. The minimum absolute atomic E-state index is 0.0106. The lowest BCUT2D eigenvalue weighted by Crippen LogP contribution is -2.36. The van der Waals surface area contributed by atoms with Gasteiger partial charge in [0.15, 0.2) is 5.16 Å². The molecule has 1 aromatic heterocycles. The van der Waals surface area contributed by atoms with Gasteiger partial charge in [0.2, 0.25) is 5.91 Å². The molecule has 1 N–H and O–H groups in total. The van der Waals surface area contributed by atoms with Crippen LogP contribution in [0.2, 0.25) is 0 Å². The van der Waals surface area contributed by atoms with Gasteiger partial charge in [-0.3, -0.25) is 9.36 Å². The van der Waals surface area contributed by atoms with E-state index in [-0.39, 0.29) is 17.2 Å². The quantitative estimate of drug-likeness (QED) is 0.861. The number of aryl methyl sites for hydroxylation is 2. The molecule has 22 heavy (non-hydrogen) atoms. The van der Waals surface area contributed by atoms with Crippen LogP contribution in [0.15, 0.2) is 29.4 Å². The van der Waals surface area contributed by atoms with Crippen molar-refractivity contribution in [3.63, 3.8) is 0 Å². The van der Waals surface area contributed by atoms with E-state index in [4.69, 9.17) is 0 Å². The van der Waals surface area contributed by atoms with Crippen molar-refractivity contribution in [2.24, 2.45) is 0 Å². The van der Waals surface area contributed by atoms with Crippen molar-refractivity contribution < 1.29 is 4.79 Å². The molecule has 5 nitrogen and oxygen atoms in total. The van der Waals surface area contributed by atoms with Crippen molar-refractivity contribution >= 4 is 17.7 Å². The van der Waals surface area contributed by atoms with Gasteiger partial charge in [0.05, 0.1) is 5.25 Å². The molecule has 0 bridgehead atoms. The maximum Gasteiger partial charge on any atom is 0.233 e. The Bertz CT molecular complexity index is 666. The Morgan fingerprint density at radius 2 is 1.95 bits per heavy atom. The normalized spacial score (nSPS) is 12.5. The largest absolute Gasteiger partial charge is 0.353 e. The summed E-state index contributed by atoms with van der Waals surface area (Å²) in [4.78, 5) is 12.1. The lowest BCUT2D eigenvalue weighted by atomic mass is 10.2. The first-order valence-electron chi connectivity index (χ1n) is 7.34. The Kier molecular flexibility index (Phi) is 5.24. The highest BCUT2D eigenvalue weighted by Crippen LogP contribution is 2.26. The second-order valence-corrected chi connectivity index (χ2v) is 6.94. The van der Waals surface area contributed by atoms with E-state index in [1.54, 1.807) is 0 Å². The van der Waals surface area contributed by atoms with Gasteiger partial charge in [-0.25, -0.2) is 0 Å². The lowest BCUT2D eigenvalue weighted by molar-refractivity contribution is -0.120. The van der Waals surface area contributed by atoms with Crippen molar-refractivity contribution in [3.8, 4) is 5.69 Å². The Morgan fingerprint density at radius 3 is 2.59 bits per heavy atom. The Labute approximate surface area is 135 Å². The van der Waals surface area contributed by atoms with Crippen LogP contribution in [0.5, 0.6) is 0 Å². The fourth-order valence-electron chi connectivity index (χ4n) is 2.10. The van der Waals surface area contributed by atoms with E-state index in [9.17, 15) is 4.79 Å². The molecule has 0 aliphatic heterocycles. The topological polar surface area (TPSA) is 59.8 Å². The number of rotatable bonds is 5. The van der Waals surface area contributed by atoms with E-state index in [0.717, 1.165) is 16.7 Å². The van der Waals surface area contributed by atoms with Gasteiger partial charge < -0.3 is 5.32 Å². The third-order valence-electron chi connectivity index (χ3n) is 3.14. The van der Waals surface area contributed by atoms with E-state index in [0.29, 0.717) is 0 Å². The standard InChI is InChI=1S/C16H22N4OS/c1-10(2)17-15(21)12(4)22-16-19-18-13(5)20(16)14-8-6-7-11(3)9-14/h6-10,12H,1-5H3,(H,17,21)/t12-/m1/s1. The van der Waals surface area contributed by atoms with E-state index >= 15 is 0 Å². The summed E-state index contributed by atoms with van der Waals surface area (Å²) in [5, 5.41) is 11.8. The number of carbonyl (C=O) groups excluding carboxylic acids is 1. The van der Waals surface area contributed by atoms with Crippen LogP contribution in [-0.2, 0) is 4.79 Å². The van der Waals surface area contributed by atoms with Crippen LogP contribution in [0.25, 0.3) is 5.69 Å². The Morgan fingerprint density at radius 1 is 1.23 bits per heavy atom. The lowest BCUT2D eigenvalue weighted by Gasteiger charge is -2.15. The summed E-state index contributed by atoms with van der Waals surface area (Å²) < 4.78 is 1.98. The smallest absolute Gasteiger partial charge is 0.233 e. The summed E-state index contributed by atoms with van der Waals surface area (Å²) in [5.74, 6) is 0.820. The molecule has 1 atom stereocenters. The fraction of sp³-hybridized carbons (Fsp3) is 0.438. The number of benzene rings is 1. The molecule has 1 amide bonds. The summed E-state index contributed by atoms with van der Waals surface area (Å²) in [6, 6.07) is 8.29. The van der Waals surface area contributed by atoms with Gasteiger partial charge in [-0.15, -0.1) is 10.2 Å². The number of hydrogen-bond donors (Lipinski definition) is 1. The summed E-state index contributed by atoms with van der Waals surface area (Å²) in [5.41, 5.74) is 2.19. The molecule has 6 heteroatoms. The van der Waals surface area contributed by atoms with Gasteiger partial charge >= 0.3 is 0 Å². The van der Waals surface area contributed by atoms with Crippen molar-refractivity contribution in [2.75, 3.05) is 0 Å². The SMILES string of the molecule is Cc1cccc(-n2c(C)nnc2S[C@H](C)C(=O)NC(C)C)c1. The zero-order valence-corrected chi connectivity index (χ0v) is 14.4. The van der Waals surface area contributed by atoms with Gasteiger partial charge in [-0.05, 0) is 52.3 Å². The summed E-state index contributed by atoms with van der Waals surface area (Å²) in [6.45, 7) is 9.75. The molecule has 0 saturated heterocycles. The molecule has 2 aromatic rings. The summed E-state index contributed by atoms with van der Waals surface area (Å²) in [7, 11) is 0. The molecule has 1 aromatic carbocycles. The fourth-order valence-corrected chi connectivity index (χ4v) is 3.02. The average Bonchev–Trinajstić information content (AvgIpc) is 2.79. The van der Waals surface area contributed by atoms with Crippen LogP contribution in [0.4, 0.5) is 0 Å². The van der Waals surface area contributed by atoms with Crippen molar-refractivity contribution in [1.29, 1.82) is 0 Å². The maximum absolute atomic E-state index is 12.1. The predicted molar refractivity (Wildman–Crippen MR) is 89.4 cm³/mol. The van der Waals surface area contributed by atoms with Crippen LogP contribution >= 0.6 is 11.8 Å². The molecule has 0 radical (unpaired) electrons. The first-order valence-corrected chi connectivity index (χ1v) is 8.22. The second kappa shape index (κ2) is 6.96. The molecule has 1 heterocycles. The van der Waals surface area contributed by atoms with Gasteiger partial charge in [0.25, 0.3) is 0 Å². The van der Waals surface area contributed by atoms with Crippen molar-refractivity contribution in [3.05, 3.63) is 35.7 Å². The van der Waals surface area contributed by atoms with E-state index < -0.39 is 0 Å². The zero-order chi connectivity index (χ0) is 16.3. The minimum Gasteiger partial charge on any atom is -0.353 e. The summed E-state index contributed by atoms with van der Waals surface area (Å²) >= 11 is 1.42. The highest BCUT2D eigenvalue weighted by Gasteiger charge is 2.20. The molecule has 2 rings (SSSR count). The third kappa shape index (κ3) is 3.88. The van der Waals surface area contributed by atoms with Crippen LogP contribution < -0.4 is 5.32 Å². The zero-order valence-electron chi connectivity index (χ0n) is 13.6. The maximum atomic E-state index is 12.1. The van der Waals surface area contributed by atoms with E-state index in [1.807, 2.05) is 44.4 Å². The molecular formula is C16H22N4OS. The van der Waals surface area contributed by atoms with Gasteiger partial charge in [0, 0.05) is 11.7 Å². The van der Waals surface area contributed by atoms with Crippen LogP contribution in [0.3, 0.4) is 0 Å². The van der Waals surface area contributed by atoms with E-state index in [1.165, 1.54) is 17.3 Å².